The number of nitrogens with one attached hydrogen (secondary N) is 1. The number of alkyl halides is 3. The highest BCUT2D eigenvalue weighted by molar-refractivity contribution is 7.89. The van der Waals surface area contributed by atoms with Crippen LogP contribution in [0.25, 0.3) is 0 Å². The first-order chi connectivity index (χ1) is 10.9. The average molecular weight is 363 g/mol. The van der Waals surface area contributed by atoms with Gasteiger partial charge >= 0.3 is 12.1 Å². The SMILES string of the molecule is CC(=O)C1=C(C)OC(=O)C1(NS(=O)(=O)c1ccccc1)C(F)(F)F. The summed E-state index contributed by atoms with van der Waals surface area (Å²) >= 11 is 0. The second-order valence-corrected chi connectivity index (χ2v) is 6.73. The molecule has 1 aromatic carbocycles. The summed E-state index contributed by atoms with van der Waals surface area (Å²) in [5.74, 6) is -3.65. The van der Waals surface area contributed by atoms with Gasteiger partial charge in [0.2, 0.25) is 10.0 Å². The Morgan fingerprint density at radius 3 is 2.21 bits per heavy atom. The van der Waals surface area contributed by atoms with Crippen molar-refractivity contribution in [1.29, 1.82) is 0 Å². The largest absolute Gasteiger partial charge is 0.429 e. The monoisotopic (exact) mass is 363 g/mol. The number of benzene rings is 1. The molecular weight excluding hydrogens is 351 g/mol. The van der Waals surface area contributed by atoms with E-state index in [-0.39, 0.29) is 0 Å². The first-order valence-corrected chi connectivity index (χ1v) is 8.02. The van der Waals surface area contributed by atoms with Gasteiger partial charge in [-0.3, -0.25) is 4.79 Å². The maximum atomic E-state index is 13.7. The Kier molecular flexibility index (Phi) is 4.31. The van der Waals surface area contributed by atoms with Crippen molar-refractivity contribution in [2.75, 3.05) is 0 Å². The maximum Gasteiger partial charge on any atom is 0.422 e. The first kappa shape index (κ1) is 18.1. The van der Waals surface area contributed by atoms with Crippen LogP contribution in [-0.4, -0.2) is 31.9 Å². The van der Waals surface area contributed by atoms with Crippen LogP contribution < -0.4 is 4.72 Å². The number of allylic oxidation sites excluding steroid dienone is 1. The van der Waals surface area contributed by atoms with E-state index in [9.17, 15) is 31.2 Å². The van der Waals surface area contributed by atoms with Crippen LogP contribution in [0, 0.1) is 0 Å². The number of ketones is 1. The highest BCUT2D eigenvalue weighted by Gasteiger charge is 2.70. The van der Waals surface area contributed by atoms with Crippen molar-refractivity contribution in [2.45, 2.75) is 30.5 Å². The molecule has 2 rings (SSSR count). The minimum atomic E-state index is -5.43. The van der Waals surface area contributed by atoms with E-state index >= 15 is 0 Å². The van der Waals surface area contributed by atoms with E-state index in [0.717, 1.165) is 26.0 Å². The first-order valence-electron chi connectivity index (χ1n) is 6.54. The van der Waals surface area contributed by atoms with Gasteiger partial charge in [-0.05, 0) is 26.0 Å². The second-order valence-electron chi connectivity index (χ2n) is 5.04. The van der Waals surface area contributed by atoms with Gasteiger partial charge in [0.05, 0.1) is 10.5 Å². The fourth-order valence-electron chi connectivity index (χ4n) is 2.41. The zero-order chi connectivity index (χ0) is 18.3. The number of Topliss-reactive ketones (excluding diaryl/α,β-unsaturated/α-hetero) is 1. The van der Waals surface area contributed by atoms with E-state index in [1.54, 1.807) is 0 Å². The Morgan fingerprint density at radius 1 is 1.21 bits per heavy atom. The number of hydrogen-bond acceptors (Lipinski definition) is 5. The van der Waals surface area contributed by atoms with Crippen molar-refractivity contribution in [1.82, 2.24) is 4.72 Å². The number of carbonyl (C=O) groups is 2. The number of esters is 1. The molecule has 1 heterocycles. The van der Waals surface area contributed by atoms with E-state index in [0.29, 0.717) is 0 Å². The third-order valence-corrected chi connectivity index (χ3v) is 4.86. The average Bonchev–Trinajstić information content (AvgIpc) is 2.70. The van der Waals surface area contributed by atoms with Crippen LogP contribution in [0.3, 0.4) is 0 Å². The molecule has 1 N–H and O–H groups in total. The van der Waals surface area contributed by atoms with Gasteiger partial charge in [0.1, 0.15) is 5.76 Å². The van der Waals surface area contributed by atoms with Crippen LogP contribution in [0.5, 0.6) is 0 Å². The molecule has 0 fully saturated rings. The van der Waals surface area contributed by atoms with Crippen molar-refractivity contribution in [3.8, 4) is 0 Å². The lowest BCUT2D eigenvalue weighted by Crippen LogP contribution is -2.64. The van der Waals surface area contributed by atoms with Crippen molar-refractivity contribution >= 4 is 21.8 Å². The molecule has 24 heavy (non-hydrogen) atoms. The molecule has 1 atom stereocenters. The quantitative estimate of drug-likeness (QED) is 0.823. The van der Waals surface area contributed by atoms with Crippen molar-refractivity contribution in [2.24, 2.45) is 0 Å². The summed E-state index contributed by atoms with van der Waals surface area (Å²) in [4.78, 5) is 23.1. The number of sulfonamides is 1. The molecule has 130 valence electrons. The molecular formula is C14H12F3NO5S. The Hall–Kier alpha value is -2.20. The Labute approximate surface area is 135 Å². The van der Waals surface area contributed by atoms with E-state index < -0.39 is 49.7 Å². The van der Waals surface area contributed by atoms with Gasteiger partial charge in [-0.25, -0.2) is 13.2 Å². The number of halogens is 3. The van der Waals surface area contributed by atoms with E-state index in [2.05, 4.69) is 4.74 Å². The Morgan fingerprint density at radius 2 is 1.75 bits per heavy atom. The smallest absolute Gasteiger partial charge is 0.422 e. The summed E-state index contributed by atoms with van der Waals surface area (Å²) in [6, 6.07) is 6.17. The summed E-state index contributed by atoms with van der Waals surface area (Å²) in [5.41, 5.74) is -4.86. The molecule has 10 heteroatoms. The number of cyclic esters (lactones) is 1. The third kappa shape index (κ3) is 2.71. The van der Waals surface area contributed by atoms with E-state index in [1.807, 2.05) is 0 Å². The zero-order valence-corrected chi connectivity index (χ0v) is 13.3. The van der Waals surface area contributed by atoms with Crippen molar-refractivity contribution in [3.05, 3.63) is 41.7 Å². The van der Waals surface area contributed by atoms with Crippen molar-refractivity contribution in [3.63, 3.8) is 0 Å². The molecule has 1 aliphatic rings. The predicted molar refractivity (Wildman–Crippen MR) is 75.0 cm³/mol. The topological polar surface area (TPSA) is 89.5 Å². The van der Waals surface area contributed by atoms with Crippen LogP contribution in [0.1, 0.15) is 13.8 Å². The molecule has 1 unspecified atom stereocenters. The highest BCUT2D eigenvalue weighted by atomic mass is 32.2. The lowest BCUT2D eigenvalue weighted by molar-refractivity contribution is -0.193. The maximum absolute atomic E-state index is 13.7. The molecule has 0 saturated heterocycles. The molecule has 1 aromatic rings. The second kappa shape index (κ2) is 5.71. The molecule has 0 bridgehead atoms. The molecule has 1 aliphatic heterocycles. The van der Waals surface area contributed by atoms with Crippen LogP contribution >= 0.6 is 0 Å². The predicted octanol–water partition coefficient (Wildman–Crippen LogP) is 1.69. The van der Waals surface area contributed by atoms with Crippen LogP contribution in [-0.2, 0) is 24.3 Å². The number of rotatable bonds is 4. The molecule has 0 radical (unpaired) electrons. The molecule has 0 aromatic heterocycles. The fraction of sp³-hybridized carbons (Fsp3) is 0.286. The van der Waals surface area contributed by atoms with Crippen molar-refractivity contribution < 1.29 is 35.9 Å². The minimum absolute atomic E-state index is 0.492. The van der Waals surface area contributed by atoms with Crippen LogP contribution in [0.4, 0.5) is 13.2 Å². The fourth-order valence-corrected chi connectivity index (χ4v) is 3.75. The Bertz CT molecular complexity index is 830. The van der Waals surface area contributed by atoms with Crippen LogP contribution in [0.15, 0.2) is 46.6 Å². The minimum Gasteiger partial charge on any atom is -0.429 e. The number of carbonyl (C=O) groups excluding carboxylic acids is 2. The summed E-state index contributed by atoms with van der Waals surface area (Å²) in [6.07, 6.45) is -5.43. The molecule has 0 saturated carbocycles. The van der Waals surface area contributed by atoms with Gasteiger partial charge in [0.25, 0.3) is 5.54 Å². The zero-order valence-electron chi connectivity index (χ0n) is 12.5. The summed E-state index contributed by atoms with van der Waals surface area (Å²) in [7, 11) is -4.77. The molecule has 6 nitrogen and oxygen atoms in total. The normalized spacial score (nSPS) is 21.8. The molecule has 0 aliphatic carbocycles. The third-order valence-electron chi connectivity index (χ3n) is 3.40. The van der Waals surface area contributed by atoms with E-state index in [4.69, 9.17) is 0 Å². The summed E-state index contributed by atoms with van der Waals surface area (Å²) in [5, 5.41) is 0. The highest BCUT2D eigenvalue weighted by Crippen LogP contribution is 2.44. The molecule has 0 amide bonds. The van der Waals surface area contributed by atoms with Gasteiger partial charge in [-0.15, -0.1) is 0 Å². The van der Waals surface area contributed by atoms with Crippen LogP contribution in [0.2, 0.25) is 0 Å². The summed E-state index contributed by atoms with van der Waals surface area (Å²) in [6.45, 7) is 1.77. The van der Waals surface area contributed by atoms with Gasteiger partial charge < -0.3 is 4.74 Å². The number of ether oxygens (including phenoxy) is 1. The number of hydrogen-bond donors (Lipinski definition) is 1. The van der Waals surface area contributed by atoms with Gasteiger partial charge in [0.15, 0.2) is 5.78 Å². The molecule has 0 spiro atoms. The lowest BCUT2D eigenvalue weighted by Gasteiger charge is -2.30. The van der Waals surface area contributed by atoms with E-state index in [1.165, 1.54) is 22.9 Å². The van der Waals surface area contributed by atoms with Gasteiger partial charge in [-0.2, -0.15) is 17.9 Å². The standard InChI is InChI=1S/C14H12F3NO5S/c1-8(19)11-9(2)23-12(20)13(11,14(15,16)17)18-24(21,22)10-6-4-3-5-7-10/h3-7,18H,1-2H3. The van der Waals surface area contributed by atoms with Gasteiger partial charge in [0, 0.05) is 0 Å². The van der Waals surface area contributed by atoms with Gasteiger partial charge in [-0.1, -0.05) is 18.2 Å². The lowest BCUT2D eigenvalue weighted by atomic mass is 9.88. The summed E-state index contributed by atoms with van der Waals surface area (Å²) < 4.78 is 71.4. The Balaban J connectivity index is 2.68.